The molecule has 0 aliphatic rings. The van der Waals surface area contributed by atoms with Gasteiger partial charge in [-0.05, 0) is 36.5 Å². The smallest absolute Gasteiger partial charge is 0.322 e. The van der Waals surface area contributed by atoms with Crippen LogP contribution in [0.3, 0.4) is 0 Å². The lowest BCUT2D eigenvalue weighted by Gasteiger charge is -2.17. The molecule has 0 aliphatic heterocycles. The first kappa shape index (κ1) is 31.6. The maximum atomic E-state index is 12.5. The van der Waals surface area contributed by atoms with Crippen molar-refractivity contribution in [2.24, 2.45) is 5.73 Å². The summed E-state index contributed by atoms with van der Waals surface area (Å²) in [6.45, 7) is 2.07. The molecule has 0 fully saturated rings. The molecule has 0 aromatic heterocycles. The van der Waals surface area contributed by atoms with Crippen molar-refractivity contribution in [1.82, 2.24) is 10.6 Å². The second-order valence-corrected chi connectivity index (χ2v) is 9.09. The summed E-state index contributed by atoms with van der Waals surface area (Å²) in [5.41, 5.74) is 5.82. The number of nitrogens with two attached hydrogens (primary N) is 1. The molecule has 12 heteroatoms. The van der Waals surface area contributed by atoms with Gasteiger partial charge in [-0.15, -0.1) is 11.8 Å². The fourth-order valence-electron chi connectivity index (χ4n) is 2.96. The van der Waals surface area contributed by atoms with E-state index in [2.05, 4.69) is 17.6 Å². The first-order valence-corrected chi connectivity index (χ1v) is 13.0. The topological polar surface area (TPSA) is 185 Å². The van der Waals surface area contributed by atoms with Crippen LogP contribution >= 0.6 is 11.8 Å². The van der Waals surface area contributed by atoms with Gasteiger partial charge in [0.05, 0.1) is 6.61 Å². The Morgan fingerprint density at radius 1 is 1.14 bits per heavy atom. The number of carboxylic acids is 2. The van der Waals surface area contributed by atoms with Crippen molar-refractivity contribution in [2.75, 3.05) is 18.9 Å². The van der Waals surface area contributed by atoms with Crippen molar-refractivity contribution in [3.8, 4) is 5.75 Å². The monoisotopic (exact) mass is 537 g/mol. The van der Waals surface area contributed by atoms with Crippen molar-refractivity contribution >= 4 is 41.3 Å². The van der Waals surface area contributed by atoms with E-state index in [0.717, 1.165) is 37.4 Å². The van der Waals surface area contributed by atoms with Gasteiger partial charge in [-0.25, -0.2) is 0 Å². The van der Waals surface area contributed by atoms with Gasteiger partial charge in [-0.3, -0.25) is 24.0 Å². The number of allylic oxidation sites excluding steroid dienone is 1. The predicted molar refractivity (Wildman–Crippen MR) is 139 cm³/mol. The van der Waals surface area contributed by atoms with Crippen molar-refractivity contribution in [2.45, 2.75) is 57.5 Å². The number of amides is 2. The third-order valence-corrected chi connectivity index (χ3v) is 5.88. The molecule has 204 valence electrons. The third kappa shape index (κ3) is 14.1. The number of nitrogens with one attached hydrogen (secondary N) is 2. The Balaban J connectivity index is 2.66. The molecule has 37 heavy (non-hydrogen) atoms. The molecule has 0 bridgehead atoms. The number of ether oxygens (including phenoxy) is 1. The van der Waals surface area contributed by atoms with Crippen molar-refractivity contribution < 1.29 is 38.9 Å². The van der Waals surface area contributed by atoms with Gasteiger partial charge in [-0.2, -0.15) is 0 Å². The van der Waals surface area contributed by atoms with Crippen LogP contribution in [0.15, 0.2) is 35.7 Å². The molecule has 2 unspecified atom stereocenters. The SMILES string of the molecule is CCCCCCOc1cccc(C(=O)C=CSCC(NC(=O)CCC(N)C(=O)O)C(=O)NCC(=O)O)c1. The van der Waals surface area contributed by atoms with Gasteiger partial charge in [0.2, 0.25) is 11.8 Å². The normalized spacial score (nSPS) is 12.5. The van der Waals surface area contributed by atoms with E-state index in [-0.39, 0.29) is 24.4 Å². The molecule has 0 spiro atoms. The summed E-state index contributed by atoms with van der Waals surface area (Å²) in [5.74, 6) is -3.51. The van der Waals surface area contributed by atoms with Crippen LogP contribution in [0.2, 0.25) is 0 Å². The zero-order chi connectivity index (χ0) is 27.6. The molecule has 0 radical (unpaired) electrons. The lowest BCUT2D eigenvalue weighted by atomic mass is 10.1. The molecule has 0 heterocycles. The summed E-state index contributed by atoms with van der Waals surface area (Å²) < 4.78 is 5.70. The predicted octanol–water partition coefficient (Wildman–Crippen LogP) is 1.95. The highest BCUT2D eigenvalue weighted by atomic mass is 32.2. The molecule has 0 aliphatic carbocycles. The number of carbonyl (C=O) groups is 5. The third-order valence-electron chi connectivity index (χ3n) is 5.03. The lowest BCUT2D eigenvalue weighted by molar-refractivity contribution is -0.139. The van der Waals surface area contributed by atoms with Crippen LogP contribution in [0, 0.1) is 0 Å². The van der Waals surface area contributed by atoms with E-state index in [1.165, 1.54) is 11.5 Å². The Bertz CT molecular complexity index is 954. The molecular weight excluding hydrogens is 502 g/mol. The second-order valence-electron chi connectivity index (χ2n) is 8.15. The number of thioether (sulfide) groups is 1. The maximum absolute atomic E-state index is 12.5. The number of hydrogen-bond acceptors (Lipinski definition) is 8. The number of ketones is 1. The first-order valence-electron chi connectivity index (χ1n) is 12.0. The minimum Gasteiger partial charge on any atom is -0.494 e. The summed E-state index contributed by atoms with van der Waals surface area (Å²) in [5, 5.41) is 23.7. The maximum Gasteiger partial charge on any atom is 0.322 e. The molecule has 0 saturated heterocycles. The van der Waals surface area contributed by atoms with Crippen LogP contribution in [0.1, 0.15) is 55.8 Å². The number of hydrogen-bond donors (Lipinski definition) is 5. The minimum absolute atomic E-state index is 0.00681. The molecule has 11 nitrogen and oxygen atoms in total. The zero-order valence-electron chi connectivity index (χ0n) is 20.8. The number of carboxylic acid groups (broad SMARTS) is 2. The van der Waals surface area contributed by atoms with E-state index in [9.17, 15) is 24.0 Å². The molecule has 1 aromatic rings. The van der Waals surface area contributed by atoms with Crippen LogP contribution in [-0.4, -0.2) is 70.7 Å². The van der Waals surface area contributed by atoms with E-state index >= 15 is 0 Å². The van der Waals surface area contributed by atoms with Gasteiger partial charge in [0.25, 0.3) is 0 Å². The van der Waals surface area contributed by atoms with Crippen molar-refractivity contribution in [3.05, 3.63) is 41.3 Å². The van der Waals surface area contributed by atoms with Gasteiger partial charge < -0.3 is 31.3 Å². The fourth-order valence-corrected chi connectivity index (χ4v) is 3.72. The van der Waals surface area contributed by atoms with Crippen LogP contribution in [0.25, 0.3) is 0 Å². The van der Waals surface area contributed by atoms with E-state index in [1.807, 2.05) is 0 Å². The molecule has 1 aromatic carbocycles. The average molecular weight is 538 g/mol. The van der Waals surface area contributed by atoms with Crippen molar-refractivity contribution in [1.29, 1.82) is 0 Å². The molecule has 1 rings (SSSR count). The first-order chi connectivity index (χ1) is 17.6. The number of benzene rings is 1. The number of unbranched alkanes of at least 4 members (excludes halogenated alkanes) is 3. The highest BCUT2D eigenvalue weighted by Crippen LogP contribution is 2.16. The molecular formula is C25H35N3O8S. The number of aliphatic carboxylic acids is 2. The van der Waals surface area contributed by atoms with E-state index in [1.54, 1.807) is 24.3 Å². The summed E-state index contributed by atoms with van der Waals surface area (Å²) >= 11 is 1.07. The largest absolute Gasteiger partial charge is 0.494 e. The Kier molecular flexibility index (Phi) is 15.4. The standard InChI is InChI=1S/C25H35N3O8S/c1-2-3-4-5-12-36-18-8-6-7-17(14-18)21(29)11-13-37-16-20(24(33)27-15-23(31)32)28-22(30)10-9-19(26)25(34)35/h6-8,11,13-14,19-20H,2-5,9-10,12,15-16,26H2,1H3,(H,27,33)(H,28,30)(H,31,32)(H,34,35). The minimum atomic E-state index is -1.25. The van der Waals surface area contributed by atoms with E-state index < -0.39 is 42.4 Å². The van der Waals surface area contributed by atoms with Gasteiger partial charge in [0.1, 0.15) is 24.4 Å². The highest BCUT2D eigenvalue weighted by Gasteiger charge is 2.22. The van der Waals surface area contributed by atoms with Crippen LogP contribution < -0.4 is 21.1 Å². The molecule has 2 atom stereocenters. The summed E-state index contributed by atoms with van der Waals surface area (Å²) in [6.07, 6.45) is 5.27. The summed E-state index contributed by atoms with van der Waals surface area (Å²) in [6, 6.07) is 4.48. The Morgan fingerprint density at radius 2 is 1.89 bits per heavy atom. The second kappa shape index (κ2) is 18.0. The Hall–Kier alpha value is -3.38. The van der Waals surface area contributed by atoms with E-state index in [0.29, 0.717) is 17.9 Å². The summed E-state index contributed by atoms with van der Waals surface area (Å²) in [4.78, 5) is 58.6. The molecule has 2 amide bonds. The number of rotatable bonds is 19. The average Bonchev–Trinajstić information content (AvgIpc) is 2.87. The molecule has 0 saturated carbocycles. The summed E-state index contributed by atoms with van der Waals surface area (Å²) in [7, 11) is 0. The van der Waals surface area contributed by atoms with Gasteiger partial charge in [-0.1, -0.05) is 38.3 Å². The highest BCUT2D eigenvalue weighted by molar-refractivity contribution is 8.02. The van der Waals surface area contributed by atoms with Gasteiger partial charge in [0, 0.05) is 17.7 Å². The van der Waals surface area contributed by atoms with Crippen LogP contribution in [0.4, 0.5) is 0 Å². The van der Waals surface area contributed by atoms with E-state index in [4.69, 9.17) is 20.7 Å². The van der Waals surface area contributed by atoms with Crippen LogP contribution in [0.5, 0.6) is 5.75 Å². The fraction of sp³-hybridized carbons (Fsp3) is 0.480. The number of carbonyl (C=O) groups excluding carboxylic acids is 3. The lowest BCUT2D eigenvalue weighted by Crippen LogP contribution is -2.49. The van der Waals surface area contributed by atoms with Gasteiger partial charge >= 0.3 is 11.9 Å². The quantitative estimate of drug-likeness (QED) is 0.0992. The Labute approximate surface area is 220 Å². The van der Waals surface area contributed by atoms with Gasteiger partial charge in [0.15, 0.2) is 5.78 Å². The van der Waals surface area contributed by atoms with Crippen molar-refractivity contribution in [3.63, 3.8) is 0 Å². The molecule has 6 N–H and O–H groups in total. The van der Waals surface area contributed by atoms with Crippen LogP contribution in [-0.2, 0) is 19.2 Å². The Morgan fingerprint density at radius 3 is 2.57 bits per heavy atom. The zero-order valence-corrected chi connectivity index (χ0v) is 21.6.